The van der Waals surface area contributed by atoms with Crippen LogP contribution in [0.5, 0.6) is 0 Å². The van der Waals surface area contributed by atoms with Crippen LogP contribution in [-0.4, -0.2) is 11.9 Å². The molecule has 0 radical (unpaired) electrons. The van der Waals surface area contributed by atoms with Crippen molar-refractivity contribution in [2.24, 2.45) is 11.7 Å². The second-order valence-electron chi connectivity index (χ2n) is 4.73. The Morgan fingerprint density at radius 1 is 1.33 bits per heavy atom. The maximum Gasteiger partial charge on any atom is 0.227 e. The fourth-order valence-corrected chi connectivity index (χ4v) is 2.73. The highest BCUT2D eigenvalue weighted by atomic mass is 79.9. The average molecular weight is 332 g/mol. The molecule has 1 aromatic rings. The summed E-state index contributed by atoms with van der Waals surface area (Å²) in [6, 6.07) is 5.61. The van der Waals surface area contributed by atoms with Crippen LogP contribution < -0.4 is 11.1 Å². The number of nitrogens with two attached hydrogens (primary N) is 1. The number of anilines is 1. The highest BCUT2D eigenvalue weighted by molar-refractivity contribution is 9.10. The van der Waals surface area contributed by atoms with Gasteiger partial charge in [0.1, 0.15) is 0 Å². The van der Waals surface area contributed by atoms with Crippen LogP contribution in [-0.2, 0) is 4.79 Å². The van der Waals surface area contributed by atoms with Crippen LogP contribution in [0.4, 0.5) is 5.69 Å². The Labute approximate surface area is 120 Å². The van der Waals surface area contributed by atoms with E-state index in [4.69, 9.17) is 17.3 Å². The number of carbonyl (C=O) groups is 1. The van der Waals surface area contributed by atoms with E-state index >= 15 is 0 Å². The Morgan fingerprint density at radius 2 is 2.00 bits per heavy atom. The smallest absolute Gasteiger partial charge is 0.227 e. The summed E-state index contributed by atoms with van der Waals surface area (Å²) in [5.41, 5.74) is 6.56. The standard InChI is InChI=1S/C13H16BrClN2O/c14-11-6-3-9(15)7-12(11)17-13(18)8-1-4-10(16)5-2-8/h3,6-8,10H,1-2,4-5,16H2,(H,17,18). The van der Waals surface area contributed by atoms with E-state index in [1.54, 1.807) is 12.1 Å². The quantitative estimate of drug-likeness (QED) is 0.870. The van der Waals surface area contributed by atoms with E-state index in [-0.39, 0.29) is 17.9 Å². The van der Waals surface area contributed by atoms with Crippen molar-refractivity contribution in [1.82, 2.24) is 0 Å². The molecule has 5 heteroatoms. The lowest BCUT2D eigenvalue weighted by Crippen LogP contribution is -2.32. The third-order valence-electron chi connectivity index (χ3n) is 3.33. The minimum atomic E-state index is 0.0601. The molecule has 0 heterocycles. The molecule has 0 atom stereocenters. The van der Waals surface area contributed by atoms with Crippen molar-refractivity contribution in [2.75, 3.05) is 5.32 Å². The monoisotopic (exact) mass is 330 g/mol. The fraction of sp³-hybridized carbons (Fsp3) is 0.462. The number of carbonyl (C=O) groups excluding carboxylic acids is 1. The third-order valence-corrected chi connectivity index (χ3v) is 4.26. The van der Waals surface area contributed by atoms with Crippen molar-refractivity contribution in [3.8, 4) is 0 Å². The molecule has 3 N–H and O–H groups in total. The van der Waals surface area contributed by atoms with Crippen LogP contribution in [0.2, 0.25) is 5.02 Å². The van der Waals surface area contributed by atoms with Crippen LogP contribution in [0.15, 0.2) is 22.7 Å². The van der Waals surface area contributed by atoms with E-state index in [2.05, 4.69) is 21.2 Å². The lowest BCUT2D eigenvalue weighted by atomic mass is 9.86. The summed E-state index contributed by atoms with van der Waals surface area (Å²) < 4.78 is 0.841. The van der Waals surface area contributed by atoms with E-state index < -0.39 is 0 Å². The first kappa shape index (κ1) is 13.8. The Morgan fingerprint density at radius 3 is 2.67 bits per heavy atom. The zero-order valence-electron chi connectivity index (χ0n) is 9.96. The van der Waals surface area contributed by atoms with Gasteiger partial charge >= 0.3 is 0 Å². The van der Waals surface area contributed by atoms with Gasteiger partial charge in [0.25, 0.3) is 0 Å². The zero-order valence-corrected chi connectivity index (χ0v) is 12.3. The first-order chi connectivity index (χ1) is 8.56. The van der Waals surface area contributed by atoms with E-state index in [9.17, 15) is 4.79 Å². The summed E-state index contributed by atoms with van der Waals surface area (Å²) in [4.78, 5) is 12.1. The van der Waals surface area contributed by atoms with Crippen molar-refractivity contribution >= 4 is 39.1 Å². The van der Waals surface area contributed by atoms with Crippen molar-refractivity contribution in [3.63, 3.8) is 0 Å². The first-order valence-corrected chi connectivity index (χ1v) is 7.25. The molecule has 0 bridgehead atoms. The molecule has 1 aliphatic carbocycles. The highest BCUT2D eigenvalue weighted by Crippen LogP contribution is 2.29. The lowest BCUT2D eigenvalue weighted by Gasteiger charge is -2.25. The summed E-state index contributed by atoms with van der Waals surface area (Å²) in [7, 11) is 0. The number of hydrogen-bond donors (Lipinski definition) is 2. The van der Waals surface area contributed by atoms with E-state index in [0.29, 0.717) is 5.02 Å². The van der Waals surface area contributed by atoms with Gasteiger partial charge in [-0.2, -0.15) is 0 Å². The minimum absolute atomic E-state index is 0.0601. The molecule has 98 valence electrons. The van der Waals surface area contributed by atoms with Crippen molar-refractivity contribution < 1.29 is 4.79 Å². The summed E-state index contributed by atoms with van der Waals surface area (Å²) in [6.07, 6.45) is 3.58. The van der Waals surface area contributed by atoms with Gasteiger partial charge in [-0.3, -0.25) is 4.79 Å². The SMILES string of the molecule is NC1CCC(C(=O)Nc2cc(Cl)ccc2Br)CC1. The molecule has 1 aliphatic rings. The maximum absolute atomic E-state index is 12.1. The van der Waals surface area contributed by atoms with Gasteiger partial charge in [0.15, 0.2) is 0 Å². The second-order valence-corrected chi connectivity index (χ2v) is 6.02. The Kier molecular flexibility index (Phi) is 4.65. The summed E-state index contributed by atoms with van der Waals surface area (Å²) >= 11 is 9.32. The number of benzene rings is 1. The van der Waals surface area contributed by atoms with Crippen LogP contribution in [0.3, 0.4) is 0 Å². The molecule has 0 spiro atoms. The molecule has 0 aliphatic heterocycles. The largest absolute Gasteiger partial charge is 0.328 e. The summed E-state index contributed by atoms with van der Waals surface area (Å²) in [5, 5.41) is 3.53. The van der Waals surface area contributed by atoms with Gasteiger partial charge < -0.3 is 11.1 Å². The molecule has 1 fully saturated rings. The lowest BCUT2D eigenvalue weighted by molar-refractivity contribution is -0.120. The minimum Gasteiger partial charge on any atom is -0.328 e. The van der Waals surface area contributed by atoms with Gasteiger partial charge in [-0.05, 0) is 59.8 Å². The molecular weight excluding hydrogens is 316 g/mol. The number of halogens is 2. The Balaban J connectivity index is 2.00. The van der Waals surface area contributed by atoms with E-state index in [1.165, 1.54) is 0 Å². The van der Waals surface area contributed by atoms with Gasteiger partial charge in [0, 0.05) is 21.5 Å². The van der Waals surface area contributed by atoms with Gasteiger partial charge in [0.2, 0.25) is 5.91 Å². The predicted octanol–water partition coefficient (Wildman–Crippen LogP) is 3.56. The number of hydrogen-bond acceptors (Lipinski definition) is 2. The third kappa shape index (κ3) is 3.46. The molecule has 1 aromatic carbocycles. The molecular formula is C13H16BrClN2O. The predicted molar refractivity (Wildman–Crippen MR) is 77.7 cm³/mol. The average Bonchev–Trinajstić information content (AvgIpc) is 2.34. The van der Waals surface area contributed by atoms with E-state index in [0.717, 1.165) is 35.8 Å². The molecule has 1 amide bonds. The summed E-state index contributed by atoms with van der Waals surface area (Å²) in [5.74, 6) is 0.126. The topological polar surface area (TPSA) is 55.1 Å². The Bertz CT molecular complexity index is 445. The first-order valence-electron chi connectivity index (χ1n) is 6.08. The van der Waals surface area contributed by atoms with Gasteiger partial charge in [-0.1, -0.05) is 11.6 Å². The molecule has 2 rings (SSSR count). The number of amides is 1. The van der Waals surface area contributed by atoms with Crippen LogP contribution in [0.25, 0.3) is 0 Å². The van der Waals surface area contributed by atoms with Crippen LogP contribution in [0.1, 0.15) is 25.7 Å². The molecule has 1 saturated carbocycles. The Hall–Kier alpha value is -0.580. The summed E-state index contributed by atoms with van der Waals surface area (Å²) in [6.45, 7) is 0. The fourth-order valence-electron chi connectivity index (χ4n) is 2.21. The molecule has 0 aromatic heterocycles. The van der Waals surface area contributed by atoms with Crippen LogP contribution >= 0.6 is 27.5 Å². The molecule has 3 nitrogen and oxygen atoms in total. The highest BCUT2D eigenvalue weighted by Gasteiger charge is 2.24. The van der Waals surface area contributed by atoms with Gasteiger partial charge in [-0.15, -0.1) is 0 Å². The molecule has 0 saturated heterocycles. The van der Waals surface area contributed by atoms with Crippen molar-refractivity contribution in [1.29, 1.82) is 0 Å². The number of nitrogens with one attached hydrogen (secondary N) is 1. The van der Waals surface area contributed by atoms with Crippen molar-refractivity contribution in [3.05, 3.63) is 27.7 Å². The normalized spacial score (nSPS) is 23.7. The maximum atomic E-state index is 12.1. The van der Waals surface area contributed by atoms with Crippen LogP contribution in [0, 0.1) is 5.92 Å². The van der Waals surface area contributed by atoms with Gasteiger partial charge in [0.05, 0.1) is 5.69 Å². The van der Waals surface area contributed by atoms with Crippen molar-refractivity contribution in [2.45, 2.75) is 31.7 Å². The number of rotatable bonds is 2. The van der Waals surface area contributed by atoms with Gasteiger partial charge in [-0.25, -0.2) is 0 Å². The van der Waals surface area contributed by atoms with E-state index in [1.807, 2.05) is 6.07 Å². The molecule has 0 unspecified atom stereocenters. The molecule has 18 heavy (non-hydrogen) atoms. The second kappa shape index (κ2) is 6.04. The zero-order chi connectivity index (χ0) is 13.1.